The van der Waals surface area contributed by atoms with E-state index in [-0.39, 0.29) is 17.7 Å². The van der Waals surface area contributed by atoms with Gasteiger partial charge in [-0.05, 0) is 18.9 Å². The predicted molar refractivity (Wildman–Crippen MR) is 87.1 cm³/mol. The molecule has 0 aromatic carbocycles. The molecule has 1 amide bonds. The Balaban J connectivity index is 1.73. The third kappa shape index (κ3) is 3.39. The first-order valence-corrected chi connectivity index (χ1v) is 8.21. The molecule has 2 aromatic heterocycles. The van der Waals surface area contributed by atoms with Crippen LogP contribution in [0.5, 0.6) is 5.75 Å². The lowest BCUT2D eigenvalue weighted by Crippen LogP contribution is -2.39. The highest BCUT2D eigenvalue weighted by molar-refractivity contribution is 5.92. The second kappa shape index (κ2) is 6.98. The number of pyridine rings is 1. The van der Waals surface area contributed by atoms with Crippen molar-refractivity contribution in [3.05, 3.63) is 35.7 Å². The molecule has 7 nitrogen and oxygen atoms in total. The lowest BCUT2D eigenvalue weighted by atomic mass is 9.97. The molecule has 1 atom stereocenters. The number of piperidine rings is 1. The monoisotopic (exact) mass is 330 g/mol. The summed E-state index contributed by atoms with van der Waals surface area (Å²) in [7, 11) is 1.57. The smallest absolute Gasteiger partial charge is 0.272 e. The Morgan fingerprint density at radius 1 is 1.46 bits per heavy atom. The zero-order valence-corrected chi connectivity index (χ0v) is 14.2. The van der Waals surface area contributed by atoms with E-state index in [0.29, 0.717) is 36.2 Å². The van der Waals surface area contributed by atoms with Gasteiger partial charge >= 0.3 is 0 Å². The highest BCUT2D eigenvalue weighted by atomic mass is 16.5. The number of hydrogen-bond donors (Lipinski definition) is 0. The van der Waals surface area contributed by atoms with Gasteiger partial charge in [-0.25, -0.2) is 0 Å². The van der Waals surface area contributed by atoms with Gasteiger partial charge in [-0.3, -0.25) is 9.78 Å². The number of aromatic nitrogens is 3. The summed E-state index contributed by atoms with van der Waals surface area (Å²) in [6.07, 6.45) is 3.44. The topological polar surface area (TPSA) is 81.4 Å². The van der Waals surface area contributed by atoms with Gasteiger partial charge in [0.15, 0.2) is 5.82 Å². The molecule has 0 radical (unpaired) electrons. The average Bonchev–Trinajstić information content (AvgIpc) is 3.12. The standard InChI is InChI=1S/C17H22N4O3/c1-11(2)16-19-15(20-24-16)12-5-4-8-21(10-12)17(22)14-9-13(23-3)6-7-18-14/h6-7,9,11-12H,4-5,8,10H2,1-3H3/t12-/m1/s1. The predicted octanol–water partition coefficient (Wildman–Crippen LogP) is 2.62. The van der Waals surface area contributed by atoms with Gasteiger partial charge in [0, 0.05) is 37.2 Å². The number of nitrogens with zero attached hydrogens (tertiary/aromatic N) is 4. The van der Waals surface area contributed by atoms with Crippen molar-refractivity contribution in [2.45, 2.75) is 38.5 Å². The number of rotatable bonds is 4. The minimum Gasteiger partial charge on any atom is -0.497 e. The molecule has 7 heteroatoms. The van der Waals surface area contributed by atoms with E-state index in [2.05, 4.69) is 15.1 Å². The zero-order chi connectivity index (χ0) is 17.1. The minimum absolute atomic E-state index is 0.0915. The van der Waals surface area contributed by atoms with Gasteiger partial charge in [0.05, 0.1) is 7.11 Å². The fourth-order valence-electron chi connectivity index (χ4n) is 2.84. The van der Waals surface area contributed by atoms with Crippen LogP contribution in [0.25, 0.3) is 0 Å². The third-order valence-corrected chi connectivity index (χ3v) is 4.21. The lowest BCUT2D eigenvalue weighted by Gasteiger charge is -2.31. The van der Waals surface area contributed by atoms with Crippen molar-refractivity contribution in [1.82, 2.24) is 20.0 Å². The van der Waals surface area contributed by atoms with Gasteiger partial charge in [-0.2, -0.15) is 4.98 Å². The second-order valence-electron chi connectivity index (χ2n) is 6.32. The number of ether oxygens (including phenoxy) is 1. The maximum Gasteiger partial charge on any atom is 0.272 e. The quantitative estimate of drug-likeness (QED) is 0.857. The molecule has 24 heavy (non-hydrogen) atoms. The van der Waals surface area contributed by atoms with E-state index in [0.717, 1.165) is 12.8 Å². The third-order valence-electron chi connectivity index (χ3n) is 4.21. The first-order chi connectivity index (χ1) is 11.6. The Morgan fingerprint density at radius 3 is 3.00 bits per heavy atom. The molecule has 2 aromatic rings. The maximum atomic E-state index is 12.7. The summed E-state index contributed by atoms with van der Waals surface area (Å²) in [6, 6.07) is 3.39. The molecule has 1 saturated heterocycles. The summed E-state index contributed by atoms with van der Waals surface area (Å²) < 4.78 is 10.5. The van der Waals surface area contributed by atoms with Crippen molar-refractivity contribution in [1.29, 1.82) is 0 Å². The number of amides is 1. The van der Waals surface area contributed by atoms with Gasteiger partial charge < -0.3 is 14.2 Å². The fourth-order valence-corrected chi connectivity index (χ4v) is 2.84. The van der Waals surface area contributed by atoms with Crippen molar-refractivity contribution in [2.75, 3.05) is 20.2 Å². The number of likely N-dealkylation sites (tertiary alicyclic amines) is 1. The van der Waals surface area contributed by atoms with Crippen LogP contribution in [-0.4, -0.2) is 46.1 Å². The molecular formula is C17H22N4O3. The maximum absolute atomic E-state index is 12.7. The molecule has 0 N–H and O–H groups in total. The van der Waals surface area contributed by atoms with Crippen molar-refractivity contribution < 1.29 is 14.1 Å². The summed E-state index contributed by atoms with van der Waals surface area (Å²) in [5, 5.41) is 4.10. The molecule has 3 heterocycles. The Labute approximate surface area is 141 Å². The summed E-state index contributed by atoms with van der Waals surface area (Å²) in [5.74, 6) is 2.17. The summed E-state index contributed by atoms with van der Waals surface area (Å²) >= 11 is 0. The van der Waals surface area contributed by atoms with Crippen LogP contribution in [0.1, 0.15) is 60.7 Å². The van der Waals surface area contributed by atoms with Crippen LogP contribution in [0.15, 0.2) is 22.9 Å². The van der Waals surface area contributed by atoms with Gasteiger partial charge in [0.25, 0.3) is 5.91 Å². The van der Waals surface area contributed by atoms with Crippen molar-refractivity contribution in [3.63, 3.8) is 0 Å². The van der Waals surface area contributed by atoms with E-state index in [1.807, 2.05) is 13.8 Å². The average molecular weight is 330 g/mol. The first kappa shape index (κ1) is 16.4. The zero-order valence-electron chi connectivity index (χ0n) is 14.2. The van der Waals surface area contributed by atoms with Crippen LogP contribution in [-0.2, 0) is 0 Å². The normalized spacial score (nSPS) is 18.0. The van der Waals surface area contributed by atoms with E-state index in [1.165, 1.54) is 0 Å². The van der Waals surface area contributed by atoms with E-state index >= 15 is 0 Å². The SMILES string of the molecule is COc1ccnc(C(=O)N2CCC[C@@H](c3noc(C(C)C)n3)C2)c1. The van der Waals surface area contributed by atoms with E-state index in [4.69, 9.17) is 9.26 Å². The van der Waals surface area contributed by atoms with E-state index < -0.39 is 0 Å². The lowest BCUT2D eigenvalue weighted by molar-refractivity contribution is 0.0697. The fraction of sp³-hybridized carbons (Fsp3) is 0.529. The molecule has 3 rings (SSSR count). The van der Waals surface area contributed by atoms with Crippen molar-refractivity contribution in [3.8, 4) is 5.75 Å². The van der Waals surface area contributed by atoms with Gasteiger partial charge in [0.1, 0.15) is 11.4 Å². The van der Waals surface area contributed by atoms with Crippen LogP contribution in [0.3, 0.4) is 0 Å². The molecule has 1 aliphatic heterocycles. The van der Waals surface area contributed by atoms with E-state index in [9.17, 15) is 4.79 Å². The van der Waals surface area contributed by atoms with Crippen LogP contribution in [0.4, 0.5) is 0 Å². The molecular weight excluding hydrogens is 308 g/mol. The Hall–Kier alpha value is -2.44. The van der Waals surface area contributed by atoms with Crippen LogP contribution < -0.4 is 4.74 Å². The van der Waals surface area contributed by atoms with Crippen LogP contribution in [0, 0.1) is 0 Å². The second-order valence-corrected chi connectivity index (χ2v) is 6.32. The largest absolute Gasteiger partial charge is 0.497 e. The van der Waals surface area contributed by atoms with Gasteiger partial charge in [0.2, 0.25) is 5.89 Å². The van der Waals surface area contributed by atoms with Gasteiger partial charge in [-0.15, -0.1) is 0 Å². The highest BCUT2D eigenvalue weighted by Crippen LogP contribution is 2.27. The Kier molecular flexibility index (Phi) is 4.78. The van der Waals surface area contributed by atoms with Crippen molar-refractivity contribution in [2.24, 2.45) is 0 Å². The van der Waals surface area contributed by atoms with Gasteiger partial charge in [-0.1, -0.05) is 19.0 Å². The number of carbonyl (C=O) groups excluding carboxylic acids is 1. The Bertz CT molecular complexity index is 713. The molecule has 0 bridgehead atoms. The molecule has 0 unspecified atom stereocenters. The van der Waals surface area contributed by atoms with Crippen LogP contribution in [0.2, 0.25) is 0 Å². The van der Waals surface area contributed by atoms with E-state index in [1.54, 1.807) is 30.3 Å². The summed E-state index contributed by atoms with van der Waals surface area (Å²) in [6.45, 7) is 5.32. The molecule has 1 aliphatic rings. The molecule has 0 saturated carbocycles. The van der Waals surface area contributed by atoms with Crippen molar-refractivity contribution >= 4 is 5.91 Å². The Morgan fingerprint density at radius 2 is 2.29 bits per heavy atom. The summed E-state index contributed by atoms with van der Waals surface area (Å²) in [5.41, 5.74) is 0.394. The number of carbonyl (C=O) groups is 1. The molecule has 0 aliphatic carbocycles. The number of methoxy groups -OCH3 is 1. The summed E-state index contributed by atoms with van der Waals surface area (Å²) in [4.78, 5) is 23.2. The van der Waals surface area contributed by atoms with Crippen LogP contribution >= 0.6 is 0 Å². The number of hydrogen-bond acceptors (Lipinski definition) is 6. The first-order valence-electron chi connectivity index (χ1n) is 8.21. The highest BCUT2D eigenvalue weighted by Gasteiger charge is 2.29. The molecule has 128 valence electrons. The molecule has 0 spiro atoms. The minimum atomic E-state index is -0.0915. The molecule has 1 fully saturated rings.